The van der Waals surface area contributed by atoms with E-state index in [0.717, 1.165) is 5.56 Å². The molecular weight excluding hydrogens is 218 g/mol. The fraction of sp³-hybridized carbons (Fsp3) is 0.462. The largest absolute Gasteiger partial charge is 0.494 e. The molecule has 0 aromatic heterocycles. The van der Waals surface area contributed by atoms with E-state index in [0.29, 0.717) is 12.4 Å². The fourth-order valence-electron chi connectivity index (χ4n) is 1.86. The molecule has 1 rings (SSSR count). The predicted octanol–water partition coefficient (Wildman–Crippen LogP) is 1.78. The lowest BCUT2D eigenvalue weighted by Gasteiger charge is -2.28. The summed E-state index contributed by atoms with van der Waals surface area (Å²) in [6, 6.07) is 7.45. The molecule has 0 aliphatic carbocycles. The molecule has 1 aromatic carbocycles. The average Bonchev–Trinajstić information content (AvgIpc) is 2.29. The van der Waals surface area contributed by atoms with Crippen molar-refractivity contribution in [3.05, 3.63) is 29.8 Å². The van der Waals surface area contributed by atoms with E-state index >= 15 is 0 Å². The number of benzene rings is 1. The molecule has 17 heavy (non-hydrogen) atoms. The molecule has 94 valence electrons. The number of carboxylic acid groups (broad SMARTS) is 1. The lowest BCUT2D eigenvalue weighted by molar-refractivity contribution is -0.138. The highest BCUT2D eigenvalue weighted by Crippen LogP contribution is 2.33. The van der Waals surface area contributed by atoms with E-state index in [1.165, 1.54) is 0 Å². The summed E-state index contributed by atoms with van der Waals surface area (Å²) in [7, 11) is 0. The number of hydrogen-bond acceptors (Lipinski definition) is 3. The van der Waals surface area contributed by atoms with Crippen LogP contribution in [-0.4, -0.2) is 24.2 Å². The Balaban J connectivity index is 3.14. The van der Waals surface area contributed by atoms with Gasteiger partial charge in [-0.15, -0.1) is 0 Å². The number of aliphatic carboxylic acids is 1. The molecule has 0 bridgehead atoms. The summed E-state index contributed by atoms with van der Waals surface area (Å²) in [5, 5.41) is 8.97. The smallest absolute Gasteiger partial charge is 0.304 e. The molecule has 0 aliphatic heterocycles. The number of rotatable bonds is 6. The van der Waals surface area contributed by atoms with E-state index in [1.807, 2.05) is 38.1 Å². The van der Waals surface area contributed by atoms with Crippen LogP contribution in [0.4, 0.5) is 0 Å². The molecule has 4 nitrogen and oxygen atoms in total. The Labute approximate surface area is 101 Å². The number of hydrogen-bond donors (Lipinski definition) is 2. The van der Waals surface area contributed by atoms with Crippen molar-refractivity contribution in [3.8, 4) is 5.75 Å². The minimum atomic E-state index is -0.857. The summed E-state index contributed by atoms with van der Waals surface area (Å²) in [4.78, 5) is 10.9. The third-order valence-electron chi connectivity index (χ3n) is 2.83. The SMILES string of the molecule is CCOc1ccccc1C(C)(CN)CC(=O)O. The van der Waals surface area contributed by atoms with E-state index < -0.39 is 11.4 Å². The van der Waals surface area contributed by atoms with E-state index in [4.69, 9.17) is 15.6 Å². The Hall–Kier alpha value is -1.55. The Bertz CT molecular complexity index is 392. The highest BCUT2D eigenvalue weighted by molar-refractivity contribution is 5.69. The zero-order valence-electron chi connectivity index (χ0n) is 10.3. The van der Waals surface area contributed by atoms with Crippen LogP contribution in [-0.2, 0) is 10.2 Å². The first-order valence-electron chi connectivity index (χ1n) is 5.67. The van der Waals surface area contributed by atoms with Crippen molar-refractivity contribution < 1.29 is 14.6 Å². The third kappa shape index (κ3) is 3.20. The number of carbonyl (C=O) groups is 1. The van der Waals surface area contributed by atoms with Crippen molar-refractivity contribution in [2.45, 2.75) is 25.7 Å². The van der Waals surface area contributed by atoms with Crippen molar-refractivity contribution in [2.24, 2.45) is 5.73 Å². The van der Waals surface area contributed by atoms with Gasteiger partial charge in [0.2, 0.25) is 0 Å². The maximum Gasteiger partial charge on any atom is 0.304 e. The summed E-state index contributed by atoms with van der Waals surface area (Å²) in [5.41, 5.74) is 5.99. The molecule has 0 amide bonds. The maximum absolute atomic E-state index is 10.9. The highest BCUT2D eigenvalue weighted by Gasteiger charge is 2.30. The molecule has 0 radical (unpaired) electrons. The van der Waals surface area contributed by atoms with Crippen molar-refractivity contribution >= 4 is 5.97 Å². The summed E-state index contributed by atoms with van der Waals surface area (Å²) in [5.74, 6) is -0.145. The van der Waals surface area contributed by atoms with E-state index in [2.05, 4.69) is 0 Å². The normalized spacial score (nSPS) is 14.1. The molecule has 3 N–H and O–H groups in total. The standard InChI is InChI=1S/C13H19NO3/c1-3-17-11-7-5-4-6-10(11)13(2,9-14)8-12(15)16/h4-7H,3,8-9,14H2,1-2H3,(H,15,16). The highest BCUT2D eigenvalue weighted by atomic mass is 16.5. The van der Waals surface area contributed by atoms with E-state index in [9.17, 15) is 4.79 Å². The molecular formula is C13H19NO3. The molecule has 0 fully saturated rings. The van der Waals surface area contributed by atoms with Crippen molar-refractivity contribution in [2.75, 3.05) is 13.2 Å². The Morgan fingerprint density at radius 3 is 2.65 bits per heavy atom. The number of carboxylic acids is 1. The zero-order valence-corrected chi connectivity index (χ0v) is 10.3. The molecule has 0 saturated carbocycles. The lowest BCUT2D eigenvalue weighted by atomic mass is 9.79. The van der Waals surface area contributed by atoms with Gasteiger partial charge >= 0.3 is 5.97 Å². The van der Waals surface area contributed by atoms with Crippen molar-refractivity contribution in [1.29, 1.82) is 0 Å². The van der Waals surface area contributed by atoms with Crippen LogP contribution in [0.15, 0.2) is 24.3 Å². The van der Waals surface area contributed by atoms with Gasteiger partial charge in [0, 0.05) is 17.5 Å². The van der Waals surface area contributed by atoms with Gasteiger partial charge in [0.15, 0.2) is 0 Å². The van der Waals surface area contributed by atoms with Crippen LogP contribution < -0.4 is 10.5 Å². The van der Waals surface area contributed by atoms with Gasteiger partial charge in [-0.05, 0) is 13.0 Å². The van der Waals surface area contributed by atoms with E-state index in [-0.39, 0.29) is 13.0 Å². The van der Waals surface area contributed by atoms with Crippen molar-refractivity contribution in [1.82, 2.24) is 0 Å². The van der Waals surface area contributed by atoms with Gasteiger partial charge in [-0.25, -0.2) is 0 Å². The van der Waals surface area contributed by atoms with Gasteiger partial charge in [-0.3, -0.25) is 4.79 Å². The Morgan fingerprint density at radius 2 is 2.12 bits per heavy atom. The van der Waals surface area contributed by atoms with Crippen LogP contribution in [0.1, 0.15) is 25.8 Å². The van der Waals surface area contributed by atoms with Crippen LogP contribution in [0, 0.1) is 0 Å². The summed E-state index contributed by atoms with van der Waals surface area (Å²) in [6.45, 7) is 4.56. The lowest BCUT2D eigenvalue weighted by Crippen LogP contribution is -2.34. The number of ether oxygens (including phenoxy) is 1. The molecule has 1 aromatic rings. The van der Waals surface area contributed by atoms with Crippen LogP contribution in [0.5, 0.6) is 5.75 Å². The predicted molar refractivity (Wildman–Crippen MR) is 66.3 cm³/mol. The van der Waals surface area contributed by atoms with Crippen LogP contribution >= 0.6 is 0 Å². The second-order valence-corrected chi connectivity index (χ2v) is 4.26. The zero-order chi connectivity index (χ0) is 12.9. The Morgan fingerprint density at radius 1 is 1.47 bits per heavy atom. The molecule has 0 heterocycles. The van der Waals surface area contributed by atoms with Gasteiger partial charge in [0.05, 0.1) is 13.0 Å². The summed E-state index contributed by atoms with van der Waals surface area (Å²) < 4.78 is 5.52. The summed E-state index contributed by atoms with van der Waals surface area (Å²) in [6.07, 6.45) is -0.00636. The number of nitrogens with two attached hydrogens (primary N) is 1. The second-order valence-electron chi connectivity index (χ2n) is 4.26. The quantitative estimate of drug-likeness (QED) is 0.791. The molecule has 0 spiro atoms. The monoisotopic (exact) mass is 237 g/mol. The molecule has 0 aliphatic rings. The van der Waals surface area contributed by atoms with Gasteiger partial charge in [-0.2, -0.15) is 0 Å². The van der Waals surface area contributed by atoms with Crippen LogP contribution in [0.2, 0.25) is 0 Å². The second kappa shape index (κ2) is 5.68. The van der Waals surface area contributed by atoms with Gasteiger partial charge in [-0.1, -0.05) is 25.1 Å². The molecule has 4 heteroatoms. The average molecular weight is 237 g/mol. The minimum absolute atomic E-state index is 0.00636. The van der Waals surface area contributed by atoms with Crippen LogP contribution in [0.25, 0.3) is 0 Å². The maximum atomic E-state index is 10.9. The van der Waals surface area contributed by atoms with Gasteiger partial charge < -0.3 is 15.6 Å². The molecule has 1 atom stereocenters. The Kier molecular flexibility index (Phi) is 4.52. The topological polar surface area (TPSA) is 72.5 Å². The molecule has 0 saturated heterocycles. The first-order chi connectivity index (χ1) is 8.03. The first-order valence-corrected chi connectivity index (χ1v) is 5.67. The molecule has 1 unspecified atom stereocenters. The van der Waals surface area contributed by atoms with Gasteiger partial charge in [0.25, 0.3) is 0 Å². The van der Waals surface area contributed by atoms with Gasteiger partial charge in [0.1, 0.15) is 5.75 Å². The first kappa shape index (κ1) is 13.5. The number of para-hydroxylation sites is 1. The third-order valence-corrected chi connectivity index (χ3v) is 2.83. The van der Waals surface area contributed by atoms with Crippen molar-refractivity contribution in [3.63, 3.8) is 0 Å². The minimum Gasteiger partial charge on any atom is -0.494 e. The summed E-state index contributed by atoms with van der Waals surface area (Å²) >= 11 is 0. The fourth-order valence-corrected chi connectivity index (χ4v) is 1.86. The van der Waals surface area contributed by atoms with Crippen LogP contribution in [0.3, 0.4) is 0 Å². The van der Waals surface area contributed by atoms with E-state index in [1.54, 1.807) is 0 Å².